The first kappa shape index (κ1) is 27.0. The molecule has 0 aromatic heterocycles. The Hall–Kier alpha value is -3.04. The van der Waals surface area contributed by atoms with Crippen molar-refractivity contribution in [3.8, 4) is 11.1 Å². The molecular weight excluding hydrogens is 533 g/mol. The number of nitrogens with zero attached hydrogens (tertiary/aromatic N) is 1. The Labute approximate surface area is 222 Å². The fourth-order valence-electron chi connectivity index (χ4n) is 3.88. The third-order valence-corrected chi connectivity index (χ3v) is 9.06. The minimum Gasteiger partial charge on any atom is -0.224 e. The van der Waals surface area contributed by atoms with Crippen molar-refractivity contribution >= 4 is 31.5 Å². The van der Waals surface area contributed by atoms with E-state index in [0.717, 1.165) is 29.0 Å². The molecule has 0 aliphatic heterocycles. The fourth-order valence-corrected chi connectivity index (χ4v) is 6.25. The summed E-state index contributed by atoms with van der Waals surface area (Å²) < 4.78 is 65.7. The molecule has 9 heteroatoms. The third-order valence-electron chi connectivity index (χ3n) is 5.86. The average Bonchev–Trinajstić information content (AvgIpc) is 2.85. The van der Waals surface area contributed by atoms with Crippen LogP contribution in [0.4, 0.5) is 4.39 Å². The number of benzene rings is 4. The van der Waals surface area contributed by atoms with Gasteiger partial charge in [-0.1, -0.05) is 84.4 Å². The maximum atomic E-state index is 13.6. The molecule has 4 rings (SSSR count). The van der Waals surface area contributed by atoms with E-state index < -0.39 is 25.7 Å². The van der Waals surface area contributed by atoms with E-state index in [1.165, 1.54) is 16.4 Å². The highest BCUT2D eigenvalue weighted by Gasteiger charge is 2.24. The van der Waals surface area contributed by atoms with Gasteiger partial charge in [0.05, 0.1) is 10.6 Å². The first-order valence-electron chi connectivity index (χ1n) is 11.4. The maximum Gasteiger partial charge on any atom is 0.218 e. The highest BCUT2D eigenvalue weighted by Crippen LogP contribution is 2.26. The van der Waals surface area contributed by atoms with Crippen molar-refractivity contribution in [1.82, 2.24) is 4.31 Å². The predicted molar refractivity (Wildman–Crippen MR) is 145 cm³/mol. The van der Waals surface area contributed by atoms with Crippen LogP contribution in [0.1, 0.15) is 16.7 Å². The minimum atomic E-state index is -3.77. The Morgan fingerprint density at radius 2 is 1.43 bits per heavy atom. The Bertz CT molecular complexity index is 1610. The second kappa shape index (κ2) is 11.1. The van der Waals surface area contributed by atoms with E-state index in [-0.39, 0.29) is 28.8 Å². The molecule has 4 aromatic rings. The summed E-state index contributed by atoms with van der Waals surface area (Å²) >= 11 is 6.22. The van der Waals surface area contributed by atoms with E-state index in [1.54, 1.807) is 54.6 Å². The van der Waals surface area contributed by atoms with Crippen molar-refractivity contribution in [1.29, 1.82) is 0 Å². The van der Waals surface area contributed by atoms with E-state index in [1.807, 2.05) is 24.3 Å². The Morgan fingerprint density at radius 3 is 2.08 bits per heavy atom. The molecule has 0 aliphatic carbocycles. The molecule has 0 saturated heterocycles. The van der Waals surface area contributed by atoms with Gasteiger partial charge in [-0.2, -0.15) is 4.31 Å². The van der Waals surface area contributed by atoms with Gasteiger partial charge in [0.25, 0.3) is 0 Å². The van der Waals surface area contributed by atoms with Gasteiger partial charge >= 0.3 is 0 Å². The SMILES string of the molecule is CS(=O)(=O)c1cccc(-c2ccc(CN(Cc3ccc(F)cc3Cl)S(=O)(=O)Cc3ccccc3)cc2)c1. The van der Waals surface area contributed by atoms with Gasteiger partial charge < -0.3 is 0 Å². The lowest BCUT2D eigenvalue weighted by Gasteiger charge is -2.23. The topological polar surface area (TPSA) is 71.5 Å². The number of rotatable bonds is 9. The number of sulfone groups is 1. The van der Waals surface area contributed by atoms with Gasteiger partial charge in [0.1, 0.15) is 5.82 Å². The van der Waals surface area contributed by atoms with Gasteiger partial charge in [0.2, 0.25) is 10.0 Å². The molecule has 0 radical (unpaired) electrons. The summed E-state index contributed by atoms with van der Waals surface area (Å²) in [5.41, 5.74) is 3.42. The van der Waals surface area contributed by atoms with Crippen molar-refractivity contribution in [2.45, 2.75) is 23.7 Å². The van der Waals surface area contributed by atoms with Crippen LogP contribution in [0.3, 0.4) is 0 Å². The summed E-state index contributed by atoms with van der Waals surface area (Å²) in [6, 6.07) is 26.7. The standard InChI is InChI=1S/C28H25ClFNO4S2/c1-36(32,33)27-9-5-8-24(16-27)23-12-10-21(11-13-23)18-31(19-25-14-15-26(30)17-28(25)29)37(34,35)20-22-6-3-2-4-7-22/h2-17H,18-20H2,1H3. The molecule has 5 nitrogen and oxygen atoms in total. The normalized spacial score (nSPS) is 12.1. The molecule has 0 fully saturated rings. The molecule has 0 amide bonds. The molecule has 0 spiro atoms. The molecule has 0 saturated carbocycles. The monoisotopic (exact) mass is 557 g/mol. The van der Waals surface area contributed by atoms with Crippen molar-refractivity contribution < 1.29 is 21.2 Å². The van der Waals surface area contributed by atoms with Crippen LogP contribution in [0.25, 0.3) is 11.1 Å². The predicted octanol–water partition coefficient (Wildman–Crippen LogP) is 6.08. The molecule has 0 N–H and O–H groups in total. The second-order valence-corrected chi connectivity index (χ2v) is 13.1. The van der Waals surface area contributed by atoms with Gasteiger partial charge in [-0.15, -0.1) is 0 Å². The molecule has 0 atom stereocenters. The zero-order valence-electron chi connectivity index (χ0n) is 20.0. The number of sulfonamides is 1. The van der Waals surface area contributed by atoms with Crippen LogP contribution < -0.4 is 0 Å². The van der Waals surface area contributed by atoms with Gasteiger partial charge in [-0.3, -0.25) is 0 Å². The Kier molecular flexibility index (Phi) is 8.14. The van der Waals surface area contributed by atoms with E-state index in [9.17, 15) is 21.2 Å². The molecule has 0 bridgehead atoms. The molecular formula is C28H25ClFNO4S2. The molecule has 0 aliphatic rings. The lowest BCUT2D eigenvalue weighted by atomic mass is 10.0. The molecule has 37 heavy (non-hydrogen) atoms. The summed E-state index contributed by atoms with van der Waals surface area (Å²) in [4.78, 5) is 0.225. The highest BCUT2D eigenvalue weighted by molar-refractivity contribution is 7.90. The molecule has 4 aromatic carbocycles. The van der Waals surface area contributed by atoms with Crippen LogP contribution in [-0.2, 0) is 38.7 Å². The first-order chi connectivity index (χ1) is 17.5. The maximum absolute atomic E-state index is 13.6. The molecule has 192 valence electrons. The van der Waals surface area contributed by atoms with E-state index in [2.05, 4.69) is 0 Å². The largest absolute Gasteiger partial charge is 0.224 e. The average molecular weight is 558 g/mol. The van der Waals surface area contributed by atoms with E-state index >= 15 is 0 Å². The van der Waals surface area contributed by atoms with Gasteiger partial charge in [0.15, 0.2) is 9.84 Å². The lowest BCUT2D eigenvalue weighted by molar-refractivity contribution is 0.400. The quantitative estimate of drug-likeness (QED) is 0.250. The third kappa shape index (κ3) is 7.05. The van der Waals surface area contributed by atoms with Crippen LogP contribution in [0.15, 0.2) is 102 Å². The first-order valence-corrected chi connectivity index (χ1v) is 15.2. The van der Waals surface area contributed by atoms with Crippen LogP contribution in [-0.4, -0.2) is 27.4 Å². The second-order valence-electron chi connectivity index (χ2n) is 8.74. The van der Waals surface area contributed by atoms with Crippen LogP contribution in [0.5, 0.6) is 0 Å². The van der Waals surface area contributed by atoms with Crippen molar-refractivity contribution in [2.75, 3.05) is 6.26 Å². The Balaban J connectivity index is 1.62. The number of hydrogen-bond donors (Lipinski definition) is 0. The van der Waals surface area contributed by atoms with Gasteiger partial charge in [-0.05, 0) is 52.1 Å². The van der Waals surface area contributed by atoms with Crippen LogP contribution in [0, 0.1) is 5.82 Å². The highest BCUT2D eigenvalue weighted by atomic mass is 35.5. The molecule has 0 unspecified atom stereocenters. The summed E-state index contributed by atoms with van der Waals surface area (Å²) in [6.45, 7) is 0.0545. The van der Waals surface area contributed by atoms with E-state index in [0.29, 0.717) is 11.1 Å². The van der Waals surface area contributed by atoms with Crippen LogP contribution in [0.2, 0.25) is 5.02 Å². The zero-order valence-corrected chi connectivity index (χ0v) is 22.4. The van der Waals surface area contributed by atoms with Crippen molar-refractivity contribution in [2.24, 2.45) is 0 Å². The fraction of sp³-hybridized carbons (Fsp3) is 0.143. The van der Waals surface area contributed by atoms with E-state index in [4.69, 9.17) is 11.6 Å². The summed E-state index contributed by atoms with van der Waals surface area (Å²) in [7, 11) is -7.11. The van der Waals surface area contributed by atoms with Crippen molar-refractivity contribution in [3.63, 3.8) is 0 Å². The summed E-state index contributed by atoms with van der Waals surface area (Å²) in [6.07, 6.45) is 1.16. The van der Waals surface area contributed by atoms with Gasteiger partial charge in [0, 0.05) is 24.4 Å². The van der Waals surface area contributed by atoms with Gasteiger partial charge in [-0.25, -0.2) is 21.2 Å². The lowest BCUT2D eigenvalue weighted by Crippen LogP contribution is -2.31. The smallest absolute Gasteiger partial charge is 0.218 e. The summed E-state index contributed by atoms with van der Waals surface area (Å²) in [5.74, 6) is -0.689. The number of hydrogen-bond acceptors (Lipinski definition) is 4. The number of halogens is 2. The van der Waals surface area contributed by atoms with Crippen molar-refractivity contribution in [3.05, 3.63) is 125 Å². The molecule has 0 heterocycles. The van der Waals surface area contributed by atoms with Crippen LogP contribution >= 0.6 is 11.6 Å². The Morgan fingerprint density at radius 1 is 0.730 bits per heavy atom. The summed E-state index contributed by atoms with van der Waals surface area (Å²) in [5, 5.41) is 0.154. The zero-order chi connectivity index (χ0) is 26.6. The minimum absolute atomic E-state index is 0.0214.